The molecular formula is C18H29O5S2-. The van der Waals surface area contributed by atoms with Gasteiger partial charge in [0.05, 0.1) is 16.4 Å². The lowest BCUT2D eigenvalue weighted by Crippen LogP contribution is -2.14. The monoisotopic (exact) mass is 389 g/mol. The van der Waals surface area contributed by atoms with Crippen molar-refractivity contribution in [2.45, 2.75) is 63.7 Å². The molecule has 1 aromatic rings. The maximum absolute atomic E-state index is 11.9. The molecule has 0 spiro atoms. The fraction of sp³-hybridized carbons (Fsp3) is 0.667. The lowest BCUT2D eigenvalue weighted by molar-refractivity contribution is 0.462. The lowest BCUT2D eigenvalue weighted by Gasteiger charge is -2.17. The van der Waals surface area contributed by atoms with Crippen molar-refractivity contribution in [3.8, 4) is 0 Å². The van der Waals surface area contributed by atoms with E-state index in [2.05, 4.69) is 6.92 Å². The summed E-state index contributed by atoms with van der Waals surface area (Å²) in [6.07, 6.45) is 4.08. The first-order valence-corrected chi connectivity index (χ1v) is 12.0. The summed E-state index contributed by atoms with van der Waals surface area (Å²) in [5.41, 5.74) is 0.982. The molecule has 2 unspecified atom stereocenters. The van der Waals surface area contributed by atoms with Crippen LogP contribution in [0.3, 0.4) is 0 Å². The molecule has 1 aromatic carbocycles. The fourth-order valence-corrected chi connectivity index (χ4v) is 4.82. The minimum absolute atomic E-state index is 0.214. The smallest absolute Gasteiger partial charge is 0.150 e. The van der Waals surface area contributed by atoms with Gasteiger partial charge in [-0.15, -0.1) is 0 Å². The van der Waals surface area contributed by atoms with E-state index in [1.54, 1.807) is 12.1 Å². The third-order valence-corrected chi connectivity index (χ3v) is 7.18. The highest BCUT2D eigenvalue weighted by molar-refractivity contribution is 7.91. The van der Waals surface area contributed by atoms with Gasteiger partial charge < -0.3 is 4.55 Å². The minimum Gasteiger partial charge on any atom is -0.744 e. The van der Waals surface area contributed by atoms with E-state index in [9.17, 15) is 21.4 Å². The molecule has 7 heteroatoms. The van der Waals surface area contributed by atoms with Gasteiger partial charge in [-0.3, -0.25) is 0 Å². The van der Waals surface area contributed by atoms with Crippen molar-refractivity contribution in [1.82, 2.24) is 0 Å². The molecule has 0 saturated heterocycles. The third kappa shape index (κ3) is 8.33. The molecule has 5 nitrogen and oxygen atoms in total. The van der Waals surface area contributed by atoms with Crippen LogP contribution < -0.4 is 0 Å². The minimum atomic E-state index is -4.41. The van der Waals surface area contributed by atoms with E-state index in [1.165, 1.54) is 12.1 Å². The van der Waals surface area contributed by atoms with Gasteiger partial charge in [-0.25, -0.2) is 16.8 Å². The molecule has 25 heavy (non-hydrogen) atoms. The third-order valence-electron chi connectivity index (χ3n) is 4.56. The van der Waals surface area contributed by atoms with Gasteiger partial charge in [0, 0.05) is 0 Å². The molecule has 0 aliphatic rings. The topological polar surface area (TPSA) is 91.3 Å². The van der Waals surface area contributed by atoms with Gasteiger partial charge in [0.15, 0.2) is 0 Å². The van der Waals surface area contributed by atoms with Crippen molar-refractivity contribution in [2.75, 3.05) is 11.5 Å². The molecule has 0 aliphatic heterocycles. The Kier molecular flexibility index (Phi) is 8.57. The van der Waals surface area contributed by atoms with Gasteiger partial charge in [0.1, 0.15) is 20.0 Å². The Labute approximate surface area is 152 Å². The second-order valence-corrected chi connectivity index (χ2v) is 10.6. The van der Waals surface area contributed by atoms with Crippen molar-refractivity contribution < 1.29 is 21.4 Å². The van der Waals surface area contributed by atoms with Crippen LogP contribution >= 0.6 is 0 Å². The van der Waals surface area contributed by atoms with Crippen molar-refractivity contribution in [2.24, 2.45) is 5.92 Å². The number of unbranched alkanes of at least 4 members (excludes halogenated alkanes) is 1. The van der Waals surface area contributed by atoms with E-state index in [0.717, 1.165) is 31.2 Å². The maximum Gasteiger partial charge on any atom is 0.150 e. The van der Waals surface area contributed by atoms with Crippen LogP contribution in [0.25, 0.3) is 0 Å². The largest absolute Gasteiger partial charge is 0.744 e. The summed E-state index contributed by atoms with van der Waals surface area (Å²) in [6.45, 7) is 6.10. The van der Waals surface area contributed by atoms with Crippen molar-refractivity contribution in [3.63, 3.8) is 0 Å². The first kappa shape index (κ1) is 22.1. The van der Waals surface area contributed by atoms with Crippen molar-refractivity contribution >= 4 is 20.0 Å². The number of sulfone groups is 1. The SMILES string of the molecule is CCCCS(=O)(=O)CCC(C)CCC(C)c1ccc(S(=O)(=O)[O-])cc1. The molecule has 0 fully saturated rings. The first-order chi connectivity index (χ1) is 11.5. The van der Waals surface area contributed by atoms with Crippen LogP contribution in [0.4, 0.5) is 0 Å². The van der Waals surface area contributed by atoms with Crippen LogP contribution in [-0.4, -0.2) is 32.9 Å². The zero-order valence-corrected chi connectivity index (χ0v) is 16.9. The van der Waals surface area contributed by atoms with Gasteiger partial charge in [0.25, 0.3) is 0 Å². The Balaban J connectivity index is 2.46. The highest BCUT2D eigenvalue weighted by Gasteiger charge is 2.14. The molecule has 0 aliphatic carbocycles. The number of rotatable bonds is 11. The summed E-state index contributed by atoms with van der Waals surface area (Å²) in [7, 11) is -7.34. The Morgan fingerprint density at radius 1 is 0.920 bits per heavy atom. The molecule has 0 aromatic heterocycles. The maximum atomic E-state index is 11.9. The average molecular weight is 390 g/mol. The van der Waals surface area contributed by atoms with E-state index in [0.29, 0.717) is 12.3 Å². The number of hydrogen-bond donors (Lipinski definition) is 0. The van der Waals surface area contributed by atoms with Crippen LogP contribution in [0.2, 0.25) is 0 Å². The van der Waals surface area contributed by atoms with Crippen LogP contribution in [0.15, 0.2) is 29.2 Å². The molecule has 0 saturated carbocycles. The quantitative estimate of drug-likeness (QED) is 0.538. The van der Waals surface area contributed by atoms with Crippen molar-refractivity contribution in [3.05, 3.63) is 29.8 Å². The second-order valence-electron chi connectivity index (χ2n) is 6.90. The predicted molar refractivity (Wildman–Crippen MR) is 99.4 cm³/mol. The van der Waals surface area contributed by atoms with E-state index >= 15 is 0 Å². The second kappa shape index (κ2) is 9.69. The average Bonchev–Trinajstić information content (AvgIpc) is 2.55. The standard InChI is InChI=1S/C18H30O5S2/c1-4-5-13-24(19,20)14-12-15(2)6-7-16(3)17-8-10-18(11-9-17)25(21,22)23/h8-11,15-16H,4-7,12-14H2,1-3H3,(H,21,22,23)/p-1. The predicted octanol–water partition coefficient (Wildman–Crippen LogP) is 3.72. The van der Waals surface area contributed by atoms with E-state index in [1.807, 2.05) is 13.8 Å². The summed E-state index contributed by atoms with van der Waals surface area (Å²) in [6, 6.07) is 6.04. The summed E-state index contributed by atoms with van der Waals surface area (Å²) in [5, 5.41) is 0. The van der Waals surface area contributed by atoms with Crippen molar-refractivity contribution in [1.29, 1.82) is 0 Å². The molecule has 0 radical (unpaired) electrons. The van der Waals surface area contributed by atoms with Crippen LogP contribution in [0.1, 0.15) is 64.4 Å². The summed E-state index contributed by atoms with van der Waals surface area (Å²) in [5.74, 6) is 1.07. The molecule has 0 bridgehead atoms. The fourth-order valence-electron chi connectivity index (χ4n) is 2.66. The molecule has 1 rings (SSSR count). The Morgan fingerprint density at radius 2 is 1.52 bits per heavy atom. The summed E-state index contributed by atoms with van der Waals surface area (Å²) in [4.78, 5) is -0.214. The van der Waals surface area contributed by atoms with Crippen LogP contribution in [-0.2, 0) is 20.0 Å². The van der Waals surface area contributed by atoms with E-state index in [4.69, 9.17) is 0 Å². The first-order valence-electron chi connectivity index (χ1n) is 8.81. The zero-order chi connectivity index (χ0) is 19.1. The molecular weight excluding hydrogens is 360 g/mol. The Hall–Kier alpha value is -0.920. The molecule has 0 heterocycles. The molecule has 2 atom stereocenters. The van der Waals surface area contributed by atoms with Crippen LogP contribution in [0, 0.1) is 5.92 Å². The van der Waals surface area contributed by atoms with Gasteiger partial charge >= 0.3 is 0 Å². The van der Waals surface area contributed by atoms with Crippen LogP contribution in [0.5, 0.6) is 0 Å². The van der Waals surface area contributed by atoms with Gasteiger partial charge in [-0.1, -0.05) is 45.7 Å². The molecule has 0 amide bonds. The summed E-state index contributed by atoms with van der Waals surface area (Å²) < 4.78 is 56.6. The van der Waals surface area contributed by atoms with E-state index in [-0.39, 0.29) is 22.3 Å². The Morgan fingerprint density at radius 3 is 2.04 bits per heavy atom. The van der Waals surface area contributed by atoms with Gasteiger partial charge in [-0.05, 0) is 48.8 Å². The van der Waals surface area contributed by atoms with Gasteiger partial charge in [-0.2, -0.15) is 0 Å². The Bertz CT molecular complexity index is 721. The lowest BCUT2D eigenvalue weighted by atomic mass is 9.91. The normalized spacial score (nSPS) is 15.0. The highest BCUT2D eigenvalue weighted by Crippen LogP contribution is 2.25. The zero-order valence-electron chi connectivity index (χ0n) is 15.3. The number of benzene rings is 1. The molecule has 0 N–H and O–H groups in total. The molecule has 144 valence electrons. The van der Waals surface area contributed by atoms with E-state index < -0.39 is 20.0 Å². The van der Waals surface area contributed by atoms with Gasteiger partial charge in [0.2, 0.25) is 0 Å². The highest BCUT2D eigenvalue weighted by atomic mass is 32.2. The number of hydrogen-bond acceptors (Lipinski definition) is 5. The summed E-state index contributed by atoms with van der Waals surface area (Å²) >= 11 is 0.